The van der Waals surface area contributed by atoms with Gasteiger partial charge >= 0.3 is 0 Å². The fourth-order valence-electron chi connectivity index (χ4n) is 3.63. The molecule has 3 rings (SSSR count). The molecule has 1 amide bonds. The van der Waals surface area contributed by atoms with E-state index in [2.05, 4.69) is 10.00 Å². The second kappa shape index (κ2) is 8.40. The van der Waals surface area contributed by atoms with Crippen molar-refractivity contribution in [2.75, 3.05) is 26.2 Å². The predicted molar refractivity (Wildman–Crippen MR) is 104 cm³/mol. The molecule has 1 aliphatic rings. The molecule has 2 aromatic rings. The van der Waals surface area contributed by atoms with Crippen molar-refractivity contribution in [2.24, 2.45) is 0 Å². The molecule has 0 spiro atoms. The summed E-state index contributed by atoms with van der Waals surface area (Å²) < 4.78 is 15.1. The van der Waals surface area contributed by atoms with Crippen LogP contribution in [-0.2, 0) is 11.3 Å². The maximum Gasteiger partial charge on any atom is 0.247 e. The number of carbonyl (C=O) groups is 1. The maximum atomic E-state index is 13.4. The van der Waals surface area contributed by atoms with Gasteiger partial charge in [-0.05, 0) is 38.0 Å². The van der Waals surface area contributed by atoms with Crippen LogP contribution in [0.5, 0.6) is 0 Å². The number of rotatable bonds is 5. The summed E-state index contributed by atoms with van der Waals surface area (Å²) in [5.74, 6) is -0.124. The summed E-state index contributed by atoms with van der Waals surface area (Å²) in [6.45, 7) is 9.32. The van der Waals surface area contributed by atoms with E-state index >= 15 is 0 Å². The van der Waals surface area contributed by atoms with Gasteiger partial charge in [-0.3, -0.25) is 14.4 Å². The number of piperazine rings is 1. The van der Waals surface area contributed by atoms with Crippen molar-refractivity contribution in [3.63, 3.8) is 0 Å². The Morgan fingerprint density at radius 3 is 2.52 bits per heavy atom. The molecule has 1 saturated heterocycles. The minimum Gasteiger partial charge on any atom is -0.338 e. The van der Waals surface area contributed by atoms with Crippen LogP contribution in [0.15, 0.2) is 24.3 Å². The molecule has 7 heteroatoms. The van der Waals surface area contributed by atoms with E-state index in [4.69, 9.17) is 11.6 Å². The monoisotopic (exact) mass is 392 g/mol. The molecule has 1 aromatic carbocycles. The summed E-state index contributed by atoms with van der Waals surface area (Å²) in [6.07, 6.45) is 0.667. The Kier molecular flexibility index (Phi) is 6.17. The zero-order chi connectivity index (χ0) is 19.6. The third-order valence-corrected chi connectivity index (χ3v) is 5.73. The Labute approximate surface area is 164 Å². The zero-order valence-corrected chi connectivity index (χ0v) is 16.8. The van der Waals surface area contributed by atoms with Gasteiger partial charge in [-0.15, -0.1) is 0 Å². The van der Waals surface area contributed by atoms with Crippen LogP contribution < -0.4 is 0 Å². The molecule has 0 radical (unpaired) electrons. The summed E-state index contributed by atoms with van der Waals surface area (Å²) >= 11 is 6.26. The van der Waals surface area contributed by atoms with E-state index in [1.165, 1.54) is 6.07 Å². The number of aryl methyl sites for hydroxylation is 1. The number of carbonyl (C=O) groups excluding carboxylic acids is 1. The van der Waals surface area contributed by atoms with Crippen molar-refractivity contribution in [1.29, 1.82) is 0 Å². The van der Waals surface area contributed by atoms with Crippen molar-refractivity contribution in [2.45, 2.75) is 39.8 Å². The number of nitrogens with zero attached hydrogens (tertiary/aromatic N) is 4. The highest BCUT2D eigenvalue weighted by atomic mass is 35.5. The van der Waals surface area contributed by atoms with E-state index in [0.29, 0.717) is 31.1 Å². The quantitative estimate of drug-likeness (QED) is 0.780. The average molecular weight is 393 g/mol. The Bertz CT molecular complexity index is 814. The van der Waals surface area contributed by atoms with Crippen LogP contribution in [0.3, 0.4) is 0 Å². The van der Waals surface area contributed by atoms with Crippen LogP contribution in [0.4, 0.5) is 4.39 Å². The van der Waals surface area contributed by atoms with Gasteiger partial charge in [0, 0.05) is 32.7 Å². The molecule has 0 bridgehead atoms. The summed E-state index contributed by atoms with van der Waals surface area (Å²) in [5, 5.41) is 5.09. The molecular weight excluding hydrogens is 367 g/mol. The minimum absolute atomic E-state index is 0.0881. The van der Waals surface area contributed by atoms with Gasteiger partial charge in [-0.25, -0.2) is 4.39 Å². The highest BCUT2D eigenvalue weighted by molar-refractivity contribution is 6.31. The normalized spacial score (nSPS) is 16.6. The van der Waals surface area contributed by atoms with Crippen molar-refractivity contribution in [1.82, 2.24) is 19.6 Å². The lowest BCUT2D eigenvalue weighted by Crippen LogP contribution is -2.50. The van der Waals surface area contributed by atoms with Crippen LogP contribution in [0.2, 0.25) is 5.02 Å². The Morgan fingerprint density at radius 1 is 1.26 bits per heavy atom. The molecule has 1 aromatic heterocycles. The molecule has 0 saturated carbocycles. The lowest BCUT2D eigenvalue weighted by molar-refractivity contribution is -0.137. The fraction of sp³-hybridized carbons (Fsp3) is 0.500. The Morgan fingerprint density at radius 2 is 1.96 bits per heavy atom. The highest BCUT2D eigenvalue weighted by Gasteiger charge is 2.29. The average Bonchev–Trinajstić information content (AvgIpc) is 2.90. The van der Waals surface area contributed by atoms with Gasteiger partial charge in [-0.1, -0.05) is 30.7 Å². The highest BCUT2D eigenvalue weighted by Crippen LogP contribution is 2.25. The first kappa shape index (κ1) is 19.8. The minimum atomic E-state index is -0.328. The van der Waals surface area contributed by atoms with Gasteiger partial charge in [0.05, 0.1) is 16.4 Å². The molecule has 1 unspecified atom stereocenters. The van der Waals surface area contributed by atoms with E-state index in [1.54, 1.807) is 16.8 Å². The van der Waals surface area contributed by atoms with Crippen LogP contribution in [-0.4, -0.2) is 51.7 Å². The van der Waals surface area contributed by atoms with Crippen molar-refractivity contribution < 1.29 is 9.18 Å². The smallest absolute Gasteiger partial charge is 0.247 e. The van der Waals surface area contributed by atoms with Gasteiger partial charge in [0.15, 0.2) is 0 Å². The summed E-state index contributed by atoms with van der Waals surface area (Å²) in [5.41, 5.74) is 2.54. The lowest BCUT2D eigenvalue weighted by atomic mass is 10.1. The van der Waals surface area contributed by atoms with E-state index in [-0.39, 0.29) is 17.8 Å². The molecule has 0 aliphatic carbocycles. The van der Waals surface area contributed by atoms with Crippen LogP contribution in [0, 0.1) is 19.7 Å². The molecule has 2 heterocycles. The van der Waals surface area contributed by atoms with E-state index in [0.717, 1.165) is 30.0 Å². The van der Waals surface area contributed by atoms with Gasteiger partial charge in [0.1, 0.15) is 11.9 Å². The molecule has 146 valence electrons. The van der Waals surface area contributed by atoms with E-state index in [9.17, 15) is 9.18 Å². The van der Waals surface area contributed by atoms with Crippen LogP contribution in [0.1, 0.15) is 36.3 Å². The molecule has 1 fully saturated rings. The summed E-state index contributed by atoms with van der Waals surface area (Å²) in [6, 6.07) is 6.36. The SMILES string of the molecule is CCC(C(=O)N1CCN(Cc2cccc(F)c2)CC1)n1nc(C)c(Cl)c1C. The number of amides is 1. The Hall–Kier alpha value is -1.92. The van der Waals surface area contributed by atoms with Crippen molar-refractivity contribution in [3.8, 4) is 0 Å². The van der Waals surface area contributed by atoms with Crippen molar-refractivity contribution in [3.05, 3.63) is 52.1 Å². The first-order valence-corrected chi connectivity index (χ1v) is 9.75. The van der Waals surface area contributed by atoms with Crippen LogP contribution in [0.25, 0.3) is 0 Å². The number of halogens is 2. The number of aromatic nitrogens is 2. The summed E-state index contributed by atoms with van der Waals surface area (Å²) in [7, 11) is 0. The fourth-order valence-corrected chi connectivity index (χ4v) is 3.75. The molecule has 27 heavy (non-hydrogen) atoms. The first-order chi connectivity index (χ1) is 12.9. The number of hydrogen-bond acceptors (Lipinski definition) is 3. The topological polar surface area (TPSA) is 41.4 Å². The molecule has 0 N–H and O–H groups in total. The lowest BCUT2D eigenvalue weighted by Gasteiger charge is -2.36. The zero-order valence-electron chi connectivity index (χ0n) is 16.1. The van der Waals surface area contributed by atoms with E-state index in [1.807, 2.05) is 31.7 Å². The Balaban J connectivity index is 1.62. The van der Waals surface area contributed by atoms with E-state index < -0.39 is 0 Å². The van der Waals surface area contributed by atoms with Gasteiger partial charge in [0.2, 0.25) is 5.91 Å². The first-order valence-electron chi connectivity index (χ1n) is 9.37. The molecule has 1 atom stereocenters. The second-order valence-electron chi connectivity index (χ2n) is 7.08. The maximum absolute atomic E-state index is 13.4. The molecular formula is C20H26ClFN4O. The number of hydrogen-bond donors (Lipinski definition) is 0. The van der Waals surface area contributed by atoms with Crippen LogP contribution >= 0.6 is 11.6 Å². The van der Waals surface area contributed by atoms with Gasteiger partial charge < -0.3 is 4.90 Å². The van der Waals surface area contributed by atoms with Gasteiger partial charge in [0.25, 0.3) is 0 Å². The van der Waals surface area contributed by atoms with Gasteiger partial charge in [-0.2, -0.15) is 5.10 Å². The number of benzene rings is 1. The second-order valence-corrected chi connectivity index (χ2v) is 7.46. The predicted octanol–water partition coefficient (Wildman–Crippen LogP) is 3.59. The third-order valence-electron chi connectivity index (χ3n) is 5.18. The third kappa shape index (κ3) is 4.33. The molecule has 1 aliphatic heterocycles. The molecule has 5 nitrogen and oxygen atoms in total. The van der Waals surface area contributed by atoms with Crippen molar-refractivity contribution >= 4 is 17.5 Å². The largest absolute Gasteiger partial charge is 0.338 e. The summed E-state index contributed by atoms with van der Waals surface area (Å²) in [4.78, 5) is 17.2. The standard InChI is InChI=1S/C20H26ClFN4O/c1-4-18(26-15(3)19(21)14(2)23-26)20(27)25-10-8-24(9-11-25)13-16-6-5-7-17(22)12-16/h5-7,12,18H,4,8-11,13H2,1-3H3.